The predicted molar refractivity (Wildman–Crippen MR) is 65.1 cm³/mol. The van der Waals surface area contributed by atoms with E-state index in [1.165, 1.54) is 18.2 Å². The van der Waals surface area contributed by atoms with Crippen molar-refractivity contribution in [3.63, 3.8) is 0 Å². The largest absolute Gasteiger partial charge is 0.399 e. The maximum absolute atomic E-state index is 12.1. The zero-order valence-electron chi connectivity index (χ0n) is 9.59. The van der Waals surface area contributed by atoms with E-state index in [0.717, 1.165) is 0 Å². The van der Waals surface area contributed by atoms with Crippen molar-refractivity contribution in [2.24, 2.45) is 0 Å². The smallest absolute Gasteiger partial charge is 0.242 e. The van der Waals surface area contributed by atoms with Gasteiger partial charge in [-0.05, 0) is 24.6 Å². The fraction of sp³-hybridized carbons (Fsp3) is 0.364. The molecule has 1 aliphatic heterocycles. The number of nitrogens with zero attached hydrogens (tertiary/aromatic N) is 1. The van der Waals surface area contributed by atoms with Crippen LogP contribution in [0.25, 0.3) is 0 Å². The Labute approximate surface area is 105 Å². The third-order valence-electron chi connectivity index (χ3n) is 2.67. The van der Waals surface area contributed by atoms with E-state index < -0.39 is 10.0 Å². The molecule has 1 aromatic rings. The first-order valence-corrected chi connectivity index (χ1v) is 6.91. The highest BCUT2D eigenvalue weighted by Crippen LogP contribution is 2.19. The number of anilines is 1. The van der Waals surface area contributed by atoms with Gasteiger partial charge in [0.15, 0.2) is 0 Å². The fourth-order valence-electron chi connectivity index (χ4n) is 1.78. The normalized spacial score (nSPS) is 19.6. The van der Waals surface area contributed by atoms with Crippen molar-refractivity contribution in [1.29, 1.82) is 5.26 Å². The van der Waals surface area contributed by atoms with E-state index in [4.69, 9.17) is 15.7 Å². The van der Waals surface area contributed by atoms with Crippen LogP contribution in [0.1, 0.15) is 12.0 Å². The van der Waals surface area contributed by atoms with Crippen LogP contribution in [0.3, 0.4) is 0 Å². The minimum Gasteiger partial charge on any atom is -0.399 e. The lowest BCUT2D eigenvalue weighted by molar-refractivity contribution is 0.192. The van der Waals surface area contributed by atoms with E-state index in [0.29, 0.717) is 25.3 Å². The van der Waals surface area contributed by atoms with E-state index in [1.54, 1.807) is 0 Å². The van der Waals surface area contributed by atoms with Crippen molar-refractivity contribution in [3.8, 4) is 6.07 Å². The minimum atomic E-state index is -3.71. The van der Waals surface area contributed by atoms with Gasteiger partial charge in [-0.3, -0.25) is 0 Å². The molecule has 3 N–H and O–H groups in total. The monoisotopic (exact) mass is 267 g/mol. The number of nitrogens with two attached hydrogens (primary N) is 1. The van der Waals surface area contributed by atoms with Crippen molar-refractivity contribution >= 4 is 15.7 Å². The van der Waals surface area contributed by atoms with Gasteiger partial charge in [-0.15, -0.1) is 0 Å². The molecule has 96 valence electrons. The Morgan fingerprint density at radius 2 is 2.28 bits per heavy atom. The minimum absolute atomic E-state index is 0.0430. The van der Waals surface area contributed by atoms with Crippen molar-refractivity contribution in [3.05, 3.63) is 23.8 Å². The molecule has 0 spiro atoms. The third kappa shape index (κ3) is 2.61. The van der Waals surface area contributed by atoms with Gasteiger partial charge in [0.05, 0.1) is 17.1 Å². The highest BCUT2D eigenvalue weighted by molar-refractivity contribution is 7.89. The summed E-state index contributed by atoms with van der Waals surface area (Å²) >= 11 is 0. The summed E-state index contributed by atoms with van der Waals surface area (Å²) in [6.45, 7) is 0.899. The lowest BCUT2D eigenvalue weighted by Gasteiger charge is -2.12. The van der Waals surface area contributed by atoms with Crippen LogP contribution < -0.4 is 10.5 Å². The quantitative estimate of drug-likeness (QED) is 0.761. The van der Waals surface area contributed by atoms with Gasteiger partial charge >= 0.3 is 0 Å². The van der Waals surface area contributed by atoms with Gasteiger partial charge in [0.25, 0.3) is 0 Å². The molecular weight excluding hydrogens is 254 g/mol. The van der Waals surface area contributed by atoms with Crippen LogP contribution in [0.15, 0.2) is 23.1 Å². The van der Waals surface area contributed by atoms with Gasteiger partial charge in [0.1, 0.15) is 6.07 Å². The summed E-state index contributed by atoms with van der Waals surface area (Å²) in [7, 11) is -3.71. The fourth-order valence-corrected chi connectivity index (χ4v) is 3.17. The number of nitrogen functional groups attached to an aromatic ring is 1. The molecule has 1 saturated heterocycles. The number of ether oxygens (including phenoxy) is 1. The highest BCUT2D eigenvalue weighted by atomic mass is 32.2. The van der Waals surface area contributed by atoms with Crippen LogP contribution in [-0.4, -0.2) is 27.7 Å². The third-order valence-corrected chi connectivity index (χ3v) is 4.24. The van der Waals surface area contributed by atoms with E-state index in [9.17, 15) is 8.42 Å². The number of nitriles is 1. The Kier molecular flexibility index (Phi) is 3.52. The van der Waals surface area contributed by atoms with Crippen LogP contribution in [0.2, 0.25) is 0 Å². The molecule has 1 heterocycles. The molecule has 18 heavy (non-hydrogen) atoms. The number of hydrogen-bond donors (Lipinski definition) is 2. The number of rotatable bonds is 3. The van der Waals surface area contributed by atoms with Gasteiger partial charge in [-0.2, -0.15) is 5.26 Å². The van der Waals surface area contributed by atoms with Crippen LogP contribution in [0.4, 0.5) is 5.69 Å². The van der Waals surface area contributed by atoms with Crippen LogP contribution in [-0.2, 0) is 14.8 Å². The molecule has 1 aromatic carbocycles. The topological polar surface area (TPSA) is 105 Å². The van der Waals surface area contributed by atoms with Crippen molar-refractivity contribution in [2.45, 2.75) is 17.4 Å². The first-order valence-electron chi connectivity index (χ1n) is 5.42. The Balaban J connectivity index is 2.32. The lowest BCUT2D eigenvalue weighted by atomic mass is 10.2. The molecule has 7 heteroatoms. The van der Waals surface area contributed by atoms with E-state index in [-0.39, 0.29) is 16.5 Å². The standard InChI is InChI=1S/C11H13N3O3S/c12-6-8-5-9(13)1-2-11(8)18(15,16)14-10-3-4-17-7-10/h1-2,5,10,14H,3-4,7,13H2. The van der Waals surface area contributed by atoms with Crippen molar-refractivity contribution in [2.75, 3.05) is 18.9 Å². The van der Waals surface area contributed by atoms with Gasteiger partial charge < -0.3 is 10.5 Å². The maximum atomic E-state index is 12.1. The SMILES string of the molecule is N#Cc1cc(N)ccc1S(=O)(=O)NC1CCOC1. The molecule has 0 saturated carbocycles. The average molecular weight is 267 g/mol. The van der Waals surface area contributed by atoms with E-state index >= 15 is 0 Å². The van der Waals surface area contributed by atoms with Gasteiger partial charge in [-0.25, -0.2) is 13.1 Å². The Morgan fingerprint density at radius 3 is 2.89 bits per heavy atom. The summed E-state index contributed by atoms with van der Waals surface area (Å²) in [5, 5.41) is 8.94. The Bertz CT molecular complexity index is 586. The van der Waals surface area contributed by atoms with Gasteiger partial charge in [-0.1, -0.05) is 0 Å². The molecule has 0 aromatic heterocycles. The average Bonchev–Trinajstić information content (AvgIpc) is 2.80. The molecule has 0 bridgehead atoms. The van der Waals surface area contributed by atoms with Crippen LogP contribution in [0, 0.1) is 11.3 Å². The van der Waals surface area contributed by atoms with Crippen LogP contribution >= 0.6 is 0 Å². The van der Waals surface area contributed by atoms with E-state index in [2.05, 4.69) is 4.72 Å². The number of hydrogen-bond acceptors (Lipinski definition) is 5. The zero-order valence-corrected chi connectivity index (χ0v) is 10.4. The summed E-state index contributed by atoms with van der Waals surface area (Å²) in [5.41, 5.74) is 5.92. The summed E-state index contributed by atoms with van der Waals surface area (Å²) < 4.78 is 31.9. The molecule has 1 fully saturated rings. The number of nitrogens with one attached hydrogen (secondary N) is 1. The molecule has 1 atom stereocenters. The summed E-state index contributed by atoms with van der Waals surface area (Å²) in [4.78, 5) is -0.0499. The number of benzene rings is 1. The van der Waals surface area contributed by atoms with Gasteiger partial charge in [0.2, 0.25) is 10.0 Å². The first kappa shape index (κ1) is 12.8. The second kappa shape index (κ2) is 4.94. The Hall–Kier alpha value is -1.62. The van der Waals surface area contributed by atoms with Crippen molar-refractivity contribution < 1.29 is 13.2 Å². The summed E-state index contributed by atoms with van der Waals surface area (Å²) in [5.74, 6) is 0. The molecule has 1 unspecified atom stereocenters. The first-order chi connectivity index (χ1) is 8.53. The molecule has 1 aliphatic rings. The lowest BCUT2D eigenvalue weighted by Crippen LogP contribution is -2.35. The zero-order chi connectivity index (χ0) is 13.2. The molecular formula is C11H13N3O3S. The Morgan fingerprint density at radius 1 is 1.50 bits per heavy atom. The summed E-state index contributed by atoms with van der Waals surface area (Å²) in [6.07, 6.45) is 0.635. The maximum Gasteiger partial charge on any atom is 0.242 e. The van der Waals surface area contributed by atoms with Crippen molar-refractivity contribution in [1.82, 2.24) is 4.72 Å². The molecule has 2 rings (SSSR count). The second-order valence-electron chi connectivity index (χ2n) is 4.05. The van der Waals surface area contributed by atoms with Crippen LogP contribution in [0.5, 0.6) is 0 Å². The molecule has 0 amide bonds. The number of sulfonamides is 1. The van der Waals surface area contributed by atoms with Gasteiger partial charge in [0, 0.05) is 18.3 Å². The predicted octanol–water partition coefficient (Wildman–Crippen LogP) is 0.208. The molecule has 6 nitrogen and oxygen atoms in total. The van der Waals surface area contributed by atoms with E-state index in [1.807, 2.05) is 6.07 Å². The highest BCUT2D eigenvalue weighted by Gasteiger charge is 2.25. The molecule has 0 aliphatic carbocycles. The summed E-state index contributed by atoms with van der Waals surface area (Å²) in [6, 6.07) is 5.75. The second-order valence-corrected chi connectivity index (χ2v) is 5.73. The molecule has 0 radical (unpaired) electrons.